The van der Waals surface area contributed by atoms with Crippen LogP contribution in [0.1, 0.15) is 44.9 Å². The summed E-state index contributed by atoms with van der Waals surface area (Å²) in [7, 11) is 4.17. The Morgan fingerprint density at radius 1 is 1.25 bits per heavy atom. The van der Waals surface area contributed by atoms with Crippen LogP contribution in [0.4, 0.5) is 0 Å². The molecule has 0 aromatic rings. The zero-order valence-corrected chi connectivity index (χ0v) is 13.0. The van der Waals surface area contributed by atoms with Gasteiger partial charge in [-0.25, -0.2) is 0 Å². The second kappa shape index (κ2) is 6.02. The van der Waals surface area contributed by atoms with Gasteiger partial charge in [0.25, 0.3) is 0 Å². The lowest BCUT2D eigenvalue weighted by atomic mass is 9.89. The number of fused-ring (bicyclic) bond motifs is 2. The van der Waals surface area contributed by atoms with Crippen molar-refractivity contribution >= 4 is 5.91 Å². The summed E-state index contributed by atoms with van der Waals surface area (Å²) in [5.41, 5.74) is 0. The number of carbonyl (C=O) groups is 1. The van der Waals surface area contributed by atoms with E-state index in [0.717, 1.165) is 13.0 Å². The van der Waals surface area contributed by atoms with Gasteiger partial charge in [0.15, 0.2) is 0 Å². The minimum absolute atomic E-state index is 0.358. The Kier molecular flexibility index (Phi) is 4.32. The highest BCUT2D eigenvalue weighted by Gasteiger charge is 2.34. The molecule has 3 saturated heterocycles. The van der Waals surface area contributed by atoms with E-state index >= 15 is 0 Å². The summed E-state index contributed by atoms with van der Waals surface area (Å²) < 4.78 is 0. The van der Waals surface area contributed by atoms with Crippen molar-refractivity contribution in [1.29, 1.82) is 0 Å². The van der Waals surface area contributed by atoms with Crippen molar-refractivity contribution in [3.8, 4) is 0 Å². The molecule has 3 atom stereocenters. The molecule has 3 rings (SSSR count). The molecule has 4 heteroatoms. The van der Waals surface area contributed by atoms with E-state index in [2.05, 4.69) is 17.3 Å². The molecule has 3 aliphatic heterocycles. The van der Waals surface area contributed by atoms with Crippen LogP contribution in [0, 0.1) is 5.92 Å². The van der Waals surface area contributed by atoms with Crippen molar-refractivity contribution in [1.82, 2.24) is 15.1 Å². The van der Waals surface area contributed by atoms with E-state index in [-0.39, 0.29) is 0 Å². The number of hydrogen-bond acceptors (Lipinski definition) is 3. The zero-order valence-electron chi connectivity index (χ0n) is 13.0. The molecule has 0 aromatic carbocycles. The van der Waals surface area contributed by atoms with Gasteiger partial charge in [0.2, 0.25) is 5.91 Å². The standard InChI is InChI=1S/C16H29N3O/c1-18-7-3-4-15(18)11-19(2)16(20)10-12-8-13-5-6-14(9-12)17-13/h12-15,17H,3-11H2,1-2H3. The number of nitrogens with one attached hydrogen (secondary N) is 1. The predicted octanol–water partition coefficient (Wildman–Crippen LogP) is 1.46. The van der Waals surface area contributed by atoms with Crippen molar-refractivity contribution in [3.05, 3.63) is 0 Å². The lowest BCUT2D eigenvalue weighted by Gasteiger charge is -2.31. The van der Waals surface area contributed by atoms with Crippen molar-refractivity contribution in [3.63, 3.8) is 0 Å². The Morgan fingerprint density at radius 3 is 2.55 bits per heavy atom. The molecule has 20 heavy (non-hydrogen) atoms. The average molecular weight is 279 g/mol. The van der Waals surface area contributed by atoms with E-state index in [1.54, 1.807) is 0 Å². The van der Waals surface area contributed by atoms with Crippen LogP contribution in [0.2, 0.25) is 0 Å². The molecule has 1 amide bonds. The van der Waals surface area contributed by atoms with Crippen LogP contribution >= 0.6 is 0 Å². The van der Waals surface area contributed by atoms with Gasteiger partial charge in [-0.2, -0.15) is 0 Å². The third kappa shape index (κ3) is 3.17. The number of hydrogen-bond donors (Lipinski definition) is 1. The van der Waals surface area contributed by atoms with Gasteiger partial charge in [-0.1, -0.05) is 0 Å². The van der Waals surface area contributed by atoms with E-state index in [1.165, 1.54) is 45.1 Å². The van der Waals surface area contributed by atoms with Crippen LogP contribution in [-0.2, 0) is 4.79 Å². The van der Waals surface area contributed by atoms with Crippen molar-refractivity contribution < 1.29 is 4.79 Å². The molecule has 3 unspecified atom stereocenters. The maximum absolute atomic E-state index is 12.4. The molecular formula is C16H29N3O. The largest absolute Gasteiger partial charge is 0.344 e. The maximum atomic E-state index is 12.4. The minimum atomic E-state index is 0.358. The lowest BCUT2D eigenvalue weighted by molar-refractivity contribution is -0.131. The molecule has 3 aliphatic rings. The topological polar surface area (TPSA) is 35.6 Å². The van der Waals surface area contributed by atoms with E-state index in [9.17, 15) is 4.79 Å². The number of nitrogens with zero attached hydrogens (tertiary/aromatic N) is 2. The summed E-state index contributed by atoms with van der Waals surface area (Å²) in [6.07, 6.45) is 8.34. The number of amides is 1. The first-order valence-electron chi connectivity index (χ1n) is 8.32. The Morgan fingerprint density at radius 2 is 1.95 bits per heavy atom. The Bertz CT molecular complexity index is 348. The molecule has 4 nitrogen and oxygen atoms in total. The molecule has 2 bridgehead atoms. The van der Waals surface area contributed by atoms with E-state index in [4.69, 9.17) is 0 Å². The second-order valence-corrected chi connectivity index (χ2v) is 7.23. The van der Waals surface area contributed by atoms with Gasteiger partial charge in [-0.05, 0) is 58.0 Å². The first-order valence-corrected chi connectivity index (χ1v) is 8.32. The minimum Gasteiger partial charge on any atom is -0.344 e. The third-order valence-corrected chi connectivity index (χ3v) is 5.62. The molecule has 0 saturated carbocycles. The van der Waals surface area contributed by atoms with E-state index in [1.807, 2.05) is 11.9 Å². The molecule has 3 fully saturated rings. The van der Waals surface area contributed by atoms with Gasteiger partial charge >= 0.3 is 0 Å². The van der Waals surface area contributed by atoms with Crippen LogP contribution in [0.5, 0.6) is 0 Å². The van der Waals surface area contributed by atoms with Crippen molar-refractivity contribution in [2.75, 3.05) is 27.2 Å². The molecule has 0 aromatic heterocycles. The molecule has 0 aliphatic carbocycles. The van der Waals surface area contributed by atoms with Gasteiger partial charge in [0, 0.05) is 38.1 Å². The molecule has 3 heterocycles. The molecule has 114 valence electrons. The van der Waals surface area contributed by atoms with Crippen LogP contribution in [0.15, 0.2) is 0 Å². The van der Waals surface area contributed by atoms with Gasteiger partial charge in [-0.3, -0.25) is 4.79 Å². The lowest BCUT2D eigenvalue weighted by Crippen LogP contribution is -2.42. The predicted molar refractivity (Wildman–Crippen MR) is 80.6 cm³/mol. The number of likely N-dealkylation sites (tertiary alicyclic amines) is 1. The number of rotatable bonds is 4. The highest BCUT2D eigenvalue weighted by atomic mass is 16.2. The smallest absolute Gasteiger partial charge is 0.222 e. The van der Waals surface area contributed by atoms with Gasteiger partial charge < -0.3 is 15.1 Å². The van der Waals surface area contributed by atoms with Gasteiger partial charge in [0.1, 0.15) is 0 Å². The summed E-state index contributed by atoms with van der Waals surface area (Å²) >= 11 is 0. The fourth-order valence-electron chi connectivity index (χ4n) is 4.37. The van der Waals surface area contributed by atoms with Crippen LogP contribution in [0.25, 0.3) is 0 Å². The molecule has 0 radical (unpaired) electrons. The SMILES string of the molecule is CN(CC1CCCN1C)C(=O)CC1CC2CCC(C1)N2. The van der Waals surface area contributed by atoms with Crippen LogP contribution < -0.4 is 5.32 Å². The van der Waals surface area contributed by atoms with E-state index < -0.39 is 0 Å². The van der Waals surface area contributed by atoms with Gasteiger partial charge in [0.05, 0.1) is 0 Å². The fraction of sp³-hybridized carbons (Fsp3) is 0.938. The van der Waals surface area contributed by atoms with Crippen LogP contribution in [0.3, 0.4) is 0 Å². The normalized spacial score (nSPS) is 37.3. The first kappa shape index (κ1) is 14.3. The highest BCUT2D eigenvalue weighted by Crippen LogP contribution is 2.33. The van der Waals surface area contributed by atoms with Crippen molar-refractivity contribution in [2.45, 2.75) is 63.1 Å². The average Bonchev–Trinajstić information content (AvgIpc) is 2.96. The number of likely N-dealkylation sites (N-methyl/N-ethyl adjacent to an activating group) is 2. The first-order chi connectivity index (χ1) is 9.61. The number of carbonyl (C=O) groups excluding carboxylic acids is 1. The van der Waals surface area contributed by atoms with Crippen molar-refractivity contribution in [2.24, 2.45) is 5.92 Å². The summed E-state index contributed by atoms with van der Waals surface area (Å²) in [6, 6.07) is 1.96. The van der Waals surface area contributed by atoms with E-state index in [0.29, 0.717) is 30.0 Å². The quantitative estimate of drug-likeness (QED) is 0.846. The molecular weight excluding hydrogens is 250 g/mol. The van der Waals surface area contributed by atoms with Crippen LogP contribution in [-0.4, -0.2) is 61.0 Å². The molecule has 0 spiro atoms. The summed E-state index contributed by atoms with van der Waals surface area (Å²) in [5, 5.41) is 3.66. The second-order valence-electron chi connectivity index (χ2n) is 7.23. The summed E-state index contributed by atoms with van der Waals surface area (Å²) in [6.45, 7) is 2.09. The monoisotopic (exact) mass is 279 g/mol. The van der Waals surface area contributed by atoms with Gasteiger partial charge in [-0.15, -0.1) is 0 Å². The Labute approximate surface area is 122 Å². The third-order valence-electron chi connectivity index (χ3n) is 5.62. The summed E-state index contributed by atoms with van der Waals surface area (Å²) in [5.74, 6) is 0.974. The molecule has 1 N–H and O–H groups in total. The zero-order chi connectivity index (χ0) is 14.1. The summed E-state index contributed by atoms with van der Waals surface area (Å²) in [4.78, 5) is 16.8. The Balaban J connectivity index is 1.46. The maximum Gasteiger partial charge on any atom is 0.222 e. The fourth-order valence-corrected chi connectivity index (χ4v) is 4.37. The Hall–Kier alpha value is -0.610. The highest BCUT2D eigenvalue weighted by molar-refractivity contribution is 5.76. The number of piperidine rings is 1.